The number of aromatic nitrogens is 3. The molecule has 0 radical (unpaired) electrons. The molecule has 0 spiro atoms. The summed E-state index contributed by atoms with van der Waals surface area (Å²) < 4.78 is 15.1. The van der Waals surface area contributed by atoms with E-state index in [4.69, 9.17) is 0 Å². The third-order valence-electron chi connectivity index (χ3n) is 5.28. The SMILES string of the molecule is O=CN(c1cnc2ccc(N3CCC[C@@H]3c3cccc(F)c3)nn12)[C@H](CO)C(=O)O. The van der Waals surface area contributed by atoms with E-state index < -0.39 is 18.6 Å². The van der Waals surface area contributed by atoms with Gasteiger partial charge in [0.1, 0.15) is 11.6 Å². The topological polar surface area (TPSA) is 111 Å². The average Bonchev–Trinajstić information content (AvgIpc) is 3.38. The Morgan fingerprint density at radius 3 is 2.90 bits per heavy atom. The van der Waals surface area contributed by atoms with Crippen molar-refractivity contribution in [3.8, 4) is 0 Å². The lowest BCUT2D eigenvalue weighted by molar-refractivity contribution is -0.140. The minimum Gasteiger partial charge on any atom is -0.480 e. The number of aliphatic hydroxyl groups is 1. The summed E-state index contributed by atoms with van der Waals surface area (Å²) in [6, 6.07) is 8.45. The molecule has 3 aromatic rings. The second kappa shape index (κ2) is 8.07. The lowest BCUT2D eigenvalue weighted by Gasteiger charge is -2.26. The maximum atomic E-state index is 13.7. The number of carbonyl (C=O) groups excluding carboxylic acids is 1. The van der Waals surface area contributed by atoms with Gasteiger partial charge in [0, 0.05) is 6.54 Å². The number of amides is 1. The molecule has 10 heteroatoms. The van der Waals surface area contributed by atoms with Gasteiger partial charge in [-0.25, -0.2) is 14.2 Å². The van der Waals surface area contributed by atoms with E-state index in [-0.39, 0.29) is 17.7 Å². The maximum Gasteiger partial charge on any atom is 0.329 e. The summed E-state index contributed by atoms with van der Waals surface area (Å²) >= 11 is 0. The number of aliphatic carboxylic acids is 1. The largest absolute Gasteiger partial charge is 0.480 e. The predicted octanol–water partition coefficient (Wildman–Crippen LogP) is 1.62. The Kier molecular flexibility index (Phi) is 5.32. The van der Waals surface area contributed by atoms with Crippen molar-refractivity contribution in [2.24, 2.45) is 0 Å². The molecule has 1 aliphatic rings. The summed E-state index contributed by atoms with van der Waals surface area (Å²) in [6.07, 6.45) is 3.41. The summed E-state index contributed by atoms with van der Waals surface area (Å²) in [6.45, 7) is -0.0374. The number of fused-ring (bicyclic) bond motifs is 1. The number of hydrogen-bond acceptors (Lipinski definition) is 6. The molecule has 0 unspecified atom stereocenters. The summed E-state index contributed by atoms with van der Waals surface area (Å²) in [4.78, 5) is 30.1. The molecular weight excluding hydrogens is 393 g/mol. The van der Waals surface area contributed by atoms with Crippen molar-refractivity contribution in [2.45, 2.75) is 24.9 Å². The normalized spacial score (nSPS) is 17.3. The second-order valence-electron chi connectivity index (χ2n) is 7.03. The first kappa shape index (κ1) is 19.8. The van der Waals surface area contributed by atoms with Gasteiger partial charge in [-0.05, 0) is 42.7 Å². The maximum absolute atomic E-state index is 13.7. The van der Waals surface area contributed by atoms with E-state index in [2.05, 4.69) is 10.1 Å². The van der Waals surface area contributed by atoms with Gasteiger partial charge in [0.15, 0.2) is 17.5 Å². The standard InChI is InChI=1S/C20H20FN5O4/c21-14-4-1-3-13(9-14)15-5-2-8-24(15)18-7-6-17-22-10-19(26(17)23-18)25(12-28)16(11-27)20(29)30/h1,3-4,6-7,9-10,12,15-16,27H,2,5,8,11H2,(H,29,30)/t15-,16-/m1/s1. The van der Waals surface area contributed by atoms with Crippen molar-refractivity contribution < 1.29 is 24.2 Å². The molecule has 1 amide bonds. The third-order valence-corrected chi connectivity index (χ3v) is 5.28. The van der Waals surface area contributed by atoms with Crippen LogP contribution in [0.3, 0.4) is 0 Å². The highest BCUT2D eigenvalue weighted by atomic mass is 19.1. The van der Waals surface area contributed by atoms with Gasteiger partial charge in [0.05, 0.1) is 18.8 Å². The molecule has 2 aromatic heterocycles. The van der Waals surface area contributed by atoms with Crippen molar-refractivity contribution in [3.63, 3.8) is 0 Å². The predicted molar refractivity (Wildman–Crippen MR) is 106 cm³/mol. The quantitative estimate of drug-likeness (QED) is 0.566. The Labute approximate surface area is 171 Å². The molecule has 3 heterocycles. The van der Waals surface area contributed by atoms with Crippen LogP contribution in [-0.4, -0.2) is 56.4 Å². The Morgan fingerprint density at radius 1 is 1.37 bits per heavy atom. The zero-order valence-corrected chi connectivity index (χ0v) is 15.9. The number of carboxylic acid groups (broad SMARTS) is 1. The van der Waals surface area contributed by atoms with Crippen LogP contribution in [0.15, 0.2) is 42.6 Å². The number of carbonyl (C=O) groups is 2. The monoisotopic (exact) mass is 413 g/mol. The van der Waals surface area contributed by atoms with E-state index in [0.29, 0.717) is 17.9 Å². The Morgan fingerprint density at radius 2 is 2.20 bits per heavy atom. The smallest absolute Gasteiger partial charge is 0.329 e. The minimum absolute atomic E-state index is 0.0518. The highest BCUT2D eigenvalue weighted by molar-refractivity contribution is 5.87. The molecule has 0 aliphatic carbocycles. The van der Waals surface area contributed by atoms with Crippen LogP contribution in [-0.2, 0) is 9.59 Å². The fraction of sp³-hybridized carbons (Fsp3) is 0.300. The highest BCUT2D eigenvalue weighted by Gasteiger charge is 2.30. The number of carboxylic acids is 1. The van der Waals surface area contributed by atoms with E-state index in [9.17, 15) is 24.2 Å². The number of imidazole rings is 1. The van der Waals surface area contributed by atoms with E-state index in [1.165, 1.54) is 22.8 Å². The van der Waals surface area contributed by atoms with Crippen LogP contribution in [0.25, 0.3) is 5.65 Å². The molecule has 4 rings (SSSR count). The lowest BCUT2D eigenvalue weighted by Crippen LogP contribution is -2.44. The van der Waals surface area contributed by atoms with Crippen molar-refractivity contribution in [1.29, 1.82) is 0 Å². The molecule has 1 aromatic carbocycles. The van der Waals surface area contributed by atoms with Gasteiger partial charge in [-0.15, -0.1) is 5.10 Å². The number of nitrogens with zero attached hydrogens (tertiary/aromatic N) is 5. The first-order chi connectivity index (χ1) is 14.5. The molecule has 156 valence electrons. The molecule has 1 fully saturated rings. The van der Waals surface area contributed by atoms with E-state index in [1.54, 1.807) is 18.2 Å². The van der Waals surface area contributed by atoms with Gasteiger partial charge in [-0.3, -0.25) is 9.69 Å². The van der Waals surface area contributed by atoms with Crippen LogP contribution in [0.1, 0.15) is 24.4 Å². The van der Waals surface area contributed by atoms with Crippen LogP contribution in [0.2, 0.25) is 0 Å². The van der Waals surface area contributed by atoms with Gasteiger partial charge in [0.25, 0.3) is 0 Å². The molecule has 1 saturated heterocycles. The van der Waals surface area contributed by atoms with Crippen LogP contribution < -0.4 is 9.80 Å². The number of hydrogen-bond donors (Lipinski definition) is 2. The summed E-state index contributed by atoms with van der Waals surface area (Å²) in [5, 5.41) is 23.3. The summed E-state index contributed by atoms with van der Waals surface area (Å²) in [7, 11) is 0. The molecule has 2 N–H and O–H groups in total. The van der Waals surface area contributed by atoms with Crippen LogP contribution >= 0.6 is 0 Å². The van der Waals surface area contributed by atoms with Crippen molar-refractivity contribution in [3.05, 3.63) is 54.0 Å². The van der Waals surface area contributed by atoms with E-state index >= 15 is 0 Å². The van der Waals surface area contributed by atoms with Crippen LogP contribution in [0.5, 0.6) is 0 Å². The number of rotatable bonds is 7. The molecule has 0 saturated carbocycles. The Balaban J connectivity index is 1.73. The zero-order valence-electron chi connectivity index (χ0n) is 15.9. The molecule has 1 aliphatic heterocycles. The number of halogens is 1. The lowest BCUT2D eigenvalue weighted by atomic mass is 10.0. The number of benzene rings is 1. The molecule has 0 bridgehead atoms. The Bertz CT molecular complexity index is 1090. The first-order valence-corrected chi connectivity index (χ1v) is 9.47. The van der Waals surface area contributed by atoms with Gasteiger partial charge in [-0.2, -0.15) is 4.52 Å². The minimum atomic E-state index is -1.46. The van der Waals surface area contributed by atoms with Crippen molar-refractivity contribution in [2.75, 3.05) is 23.0 Å². The highest BCUT2D eigenvalue weighted by Crippen LogP contribution is 2.35. The second-order valence-corrected chi connectivity index (χ2v) is 7.03. The Hall–Kier alpha value is -3.53. The average molecular weight is 413 g/mol. The molecule has 30 heavy (non-hydrogen) atoms. The molecular formula is C20H20FN5O4. The van der Waals surface area contributed by atoms with Crippen LogP contribution in [0, 0.1) is 5.82 Å². The van der Waals surface area contributed by atoms with Gasteiger partial charge < -0.3 is 15.1 Å². The molecule has 2 atom stereocenters. The van der Waals surface area contributed by atoms with E-state index in [1.807, 2.05) is 11.0 Å². The fourth-order valence-electron chi connectivity index (χ4n) is 3.85. The number of aliphatic hydroxyl groups excluding tert-OH is 1. The van der Waals surface area contributed by atoms with Crippen LogP contribution in [0.4, 0.5) is 16.0 Å². The van der Waals surface area contributed by atoms with E-state index in [0.717, 1.165) is 29.8 Å². The number of anilines is 2. The van der Waals surface area contributed by atoms with Crippen molar-refractivity contribution in [1.82, 2.24) is 14.6 Å². The zero-order chi connectivity index (χ0) is 21.3. The fourth-order valence-corrected chi connectivity index (χ4v) is 3.85. The van der Waals surface area contributed by atoms with Gasteiger partial charge in [-0.1, -0.05) is 12.1 Å². The van der Waals surface area contributed by atoms with Gasteiger partial charge >= 0.3 is 5.97 Å². The summed E-state index contributed by atoms with van der Waals surface area (Å²) in [5.74, 6) is -0.925. The first-order valence-electron chi connectivity index (χ1n) is 9.47. The summed E-state index contributed by atoms with van der Waals surface area (Å²) in [5.41, 5.74) is 1.27. The van der Waals surface area contributed by atoms with Crippen molar-refractivity contribution >= 4 is 29.7 Å². The molecule has 9 nitrogen and oxygen atoms in total. The third kappa shape index (κ3) is 3.45. The van der Waals surface area contributed by atoms with Gasteiger partial charge in [0.2, 0.25) is 6.41 Å².